The highest BCUT2D eigenvalue weighted by Gasteiger charge is 2.37. The van der Waals surface area contributed by atoms with Gasteiger partial charge in [-0.05, 0) is 121 Å². The van der Waals surface area contributed by atoms with E-state index in [0.717, 1.165) is 54.9 Å². The molecule has 4 bridgehead atoms. The minimum Gasteiger partial charge on any atom is -0.386 e. The summed E-state index contributed by atoms with van der Waals surface area (Å²) in [6, 6.07) is 0. The van der Waals surface area contributed by atoms with E-state index < -0.39 is 11.9 Å². The number of fused-ring (bicyclic) bond motifs is 4. The molecule has 2 saturated carbocycles. The van der Waals surface area contributed by atoms with Crippen molar-refractivity contribution in [3.8, 4) is 0 Å². The molecule has 0 aromatic carbocycles. The second kappa shape index (κ2) is 12.6. The summed E-state index contributed by atoms with van der Waals surface area (Å²) < 4.78 is 4.23. The molecule has 2 N–H and O–H groups in total. The number of carbonyl (C=O) groups is 4. The van der Waals surface area contributed by atoms with Gasteiger partial charge in [-0.25, -0.2) is 9.59 Å². The monoisotopic (exact) mass is 536 g/mol. The van der Waals surface area contributed by atoms with E-state index in [1.54, 1.807) is 27.7 Å². The molecule has 4 aliphatic carbocycles. The summed E-state index contributed by atoms with van der Waals surface area (Å²) in [5.74, 6) is 3.97. The van der Waals surface area contributed by atoms with Crippen LogP contribution in [0.1, 0.15) is 79.1 Å². The molecule has 0 saturated heterocycles. The lowest BCUT2D eigenvalue weighted by Crippen LogP contribution is -2.32. The fourth-order valence-electron chi connectivity index (χ4n) is 6.91. The maximum Gasteiger partial charge on any atom is 0.342 e. The van der Waals surface area contributed by atoms with Gasteiger partial charge >= 0.3 is 11.9 Å². The van der Waals surface area contributed by atoms with Crippen molar-refractivity contribution in [2.24, 2.45) is 41.2 Å². The van der Waals surface area contributed by atoms with Crippen molar-refractivity contribution in [2.75, 3.05) is 13.1 Å². The number of nitrogens with zero attached hydrogens (tertiary/aromatic N) is 1. The molecule has 7 nitrogen and oxygen atoms in total. The molecule has 0 spiro atoms. The SMILES string of the molecule is CC1=C(C)C(=O)N(CCCC2CC3C=CC2C3)C1=O.CC1=C(C)C(=O)OC1=O.NCCCC1CC2C=CC1C2. The van der Waals surface area contributed by atoms with Crippen LogP contribution in [0.25, 0.3) is 0 Å². The molecule has 6 aliphatic rings. The smallest absolute Gasteiger partial charge is 0.342 e. The van der Waals surface area contributed by atoms with Crippen molar-refractivity contribution in [3.05, 3.63) is 46.6 Å². The van der Waals surface area contributed by atoms with Crippen LogP contribution in [0.15, 0.2) is 46.6 Å². The molecule has 0 aromatic rings. The summed E-state index contributed by atoms with van der Waals surface area (Å²) in [6.07, 6.45) is 19.7. The fourth-order valence-corrected chi connectivity index (χ4v) is 6.91. The van der Waals surface area contributed by atoms with Crippen LogP contribution < -0.4 is 5.73 Å². The Bertz CT molecular complexity index is 1080. The zero-order chi connectivity index (χ0) is 28.3. The predicted octanol–water partition coefficient (Wildman–Crippen LogP) is 5.03. The second-order valence-electron chi connectivity index (χ2n) is 12.1. The average Bonchev–Trinajstić information content (AvgIpc) is 3.78. The number of hydrogen-bond donors (Lipinski definition) is 1. The third kappa shape index (κ3) is 6.51. The zero-order valence-corrected chi connectivity index (χ0v) is 23.9. The molecule has 0 radical (unpaired) electrons. The van der Waals surface area contributed by atoms with Gasteiger partial charge in [-0.3, -0.25) is 14.5 Å². The molecule has 7 heteroatoms. The second-order valence-corrected chi connectivity index (χ2v) is 12.1. The number of esters is 2. The number of ether oxygens (including phenoxy) is 1. The Balaban J connectivity index is 0.000000149. The van der Waals surface area contributed by atoms with Gasteiger partial charge in [0.05, 0.1) is 0 Å². The zero-order valence-electron chi connectivity index (χ0n) is 23.9. The van der Waals surface area contributed by atoms with Gasteiger partial charge in [0, 0.05) is 28.8 Å². The van der Waals surface area contributed by atoms with Crippen LogP contribution in [-0.4, -0.2) is 41.7 Å². The molecular weight excluding hydrogens is 492 g/mol. The van der Waals surface area contributed by atoms with Crippen molar-refractivity contribution < 1.29 is 23.9 Å². The number of cyclic esters (lactones) is 2. The molecule has 2 amide bonds. The van der Waals surface area contributed by atoms with E-state index in [2.05, 4.69) is 29.0 Å². The summed E-state index contributed by atoms with van der Waals surface area (Å²) in [7, 11) is 0. The third-order valence-electron chi connectivity index (χ3n) is 9.62. The summed E-state index contributed by atoms with van der Waals surface area (Å²) in [4.78, 5) is 46.2. The van der Waals surface area contributed by atoms with Gasteiger partial charge < -0.3 is 10.5 Å². The lowest BCUT2D eigenvalue weighted by atomic mass is 9.89. The van der Waals surface area contributed by atoms with Crippen LogP contribution in [0.5, 0.6) is 0 Å². The largest absolute Gasteiger partial charge is 0.386 e. The summed E-state index contributed by atoms with van der Waals surface area (Å²) in [6.45, 7) is 8.10. The van der Waals surface area contributed by atoms with Gasteiger partial charge in [0.15, 0.2) is 0 Å². The molecule has 6 atom stereocenters. The van der Waals surface area contributed by atoms with E-state index in [4.69, 9.17) is 5.73 Å². The Morgan fingerprint density at radius 1 is 0.692 bits per heavy atom. The molecule has 2 heterocycles. The molecule has 212 valence electrons. The Morgan fingerprint density at radius 3 is 1.49 bits per heavy atom. The summed E-state index contributed by atoms with van der Waals surface area (Å²) in [5, 5.41) is 0. The Morgan fingerprint density at radius 2 is 1.15 bits per heavy atom. The first-order valence-corrected chi connectivity index (χ1v) is 14.6. The first-order valence-electron chi connectivity index (χ1n) is 14.6. The Kier molecular flexibility index (Phi) is 9.42. The normalized spacial score (nSPS) is 31.9. The number of nitrogens with two attached hydrogens (primary N) is 1. The molecule has 2 aliphatic heterocycles. The first-order chi connectivity index (χ1) is 18.6. The molecule has 6 rings (SSSR count). The Labute approximate surface area is 232 Å². The molecule has 2 fully saturated rings. The van der Waals surface area contributed by atoms with E-state index in [1.165, 1.54) is 43.4 Å². The van der Waals surface area contributed by atoms with Gasteiger partial charge in [-0.15, -0.1) is 0 Å². The molecular formula is C32H44N2O5. The maximum absolute atomic E-state index is 11.9. The molecule has 6 unspecified atom stereocenters. The van der Waals surface area contributed by atoms with Crippen LogP contribution in [0, 0.1) is 35.5 Å². The number of allylic oxidation sites excluding steroid dienone is 4. The van der Waals surface area contributed by atoms with Crippen molar-refractivity contribution in [3.63, 3.8) is 0 Å². The highest BCUT2D eigenvalue weighted by atomic mass is 16.6. The predicted molar refractivity (Wildman–Crippen MR) is 150 cm³/mol. The van der Waals surface area contributed by atoms with Crippen LogP contribution in [-0.2, 0) is 23.9 Å². The van der Waals surface area contributed by atoms with Crippen molar-refractivity contribution >= 4 is 23.8 Å². The lowest BCUT2D eigenvalue weighted by Gasteiger charge is -2.20. The van der Waals surface area contributed by atoms with Crippen LogP contribution in [0.2, 0.25) is 0 Å². The molecule has 0 aromatic heterocycles. The van der Waals surface area contributed by atoms with Crippen LogP contribution in [0.4, 0.5) is 0 Å². The minimum absolute atomic E-state index is 0.0876. The van der Waals surface area contributed by atoms with E-state index in [1.807, 2.05) is 0 Å². The number of carbonyl (C=O) groups excluding carboxylic acids is 4. The Hall–Kier alpha value is -2.80. The first kappa shape index (κ1) is 29.2. The highest BCUT2D eigenvalue weighted by molar-refractivity contribution is 6.18. The van der Waals surface area contributed by atoms with Gasteiger partial charge in [0.1, 0.15) is 0 Å². The lowest BCUT2D eigenvalue weighted by molar-refractivity contribution is -0.151. The van der Waals surface area contributed by atoms with E-state index in [9.17, 15) is 19.2 Å². The van der Waals surface area contributed by atoms with Gasteiger partial charge in [0.25, 0.3) is 11.8 Å². The van der Waals surface area contributed by atoms with Gasteiger partial charge in [-0.2, -0.15) is 0 Å². The van der Waals surface area contributed by atoms with Crippen LogP contribution >= 0.6 is 0 Å². The van der Waals surface area contributed by atoms with Crippen molar-refractivity contribution in [1.29, 1.82) is 0 Å². The standard InChI is InChI=1S/C16H21NO2.C10H17N.C6H6O3/c1-10-11(2)16(19)17(15(10)18)7-3-4-13-8-12-5-6-14(13)9-12;11-5-1-2-9-6-8-3-4-10(9)7-8;1-3-4(2)6(8)9-5(3)7/h5-6,12-14H,3-4,7-9H2,1-2H3;3-4,8-10H,1-2,5-7,11H2;1-2H3. The number of amides is 2. The summed E-state index contributed by atoms with van der Waals surface area (Å²) in [5.41, 5.74) is 7.56. The van der Waals surface area contributed by atoms with Crippen LogP contribution in [0.3, 0.4) is 0 Å². The number of imide groups is 1. The fraction of sp³-hybridized carbons (Fsp3) is 0.625. The molecule has 39 heavy (non-hydrogen) atoms. The van der Waals surface area contributed by atoms with Gasteiger partial charge in [-0.1, -0.05) is 24.3 Å². The van der Waals surface area contributed by atoms with E-state index >= 15 is 0 Å². The third-order valence-corrected chi connectivity index (χ3v) is 9.62. The van der Waals surface area contributed by atoms with E-state index in [0.29, 0.717) is 28.8 Å². The number of hydrogen-bond acceptors (Lipinski definition) is 6. The highest BCUT2D eigenvalue weighted by Crippen LogP contribution is 2.46. The van der Waals surface area contributed by atoms with Crippen molar-refractivity contribution in [2.45, 2.75) is 79.1 Å². The topological polar surface area (TPSA) is 107 Å². The van der Waals surface area contributed by atoms with E-state index in [-0.39, 0.29) is 11.8 Å². The minimum atomic E-state index is -0.516. The maximum atomic E-state index is 11.9. The summed E-state index contributed by atoms with van der Waals surface area (Å²) >= 11 is 0. The quantitative estimate of drug-likeness (QED) is 0.212. The van der Waals surface area contributed by atoms with Gasteiger partial charge in [0.2, 0.25) is 0 Å². The number of rotatable bonds is 7. The van der Waals surface area contributed by atoms with Crippen molar-refractivity contribution in [1.82, 2.24) is 4.90 Å². The average molecular weight is 537 g/mol.